The molecular weight excluding hydrogens is 282 g/mol. The van der Waals surface area contributed by atoms with E-state index in [9.17, 15) is 4.79 Å². The average molecular weight is 313 g/mol. The quantitative estimate of drug-likeness (QED) is 0.187. The third kappa shape index (κ3) is 6.62. The Kier molecular flexibility index (Phi) is 8.19. The number of carbonyl (C=O) groups is 1. The number of hydrazine groups is 1. The van der Waals surface area contributed by atoms with E-state index in [0.717, 1.165) is 38.6 Å². The van der Waals surface area contributed by atoms with Gasteiger partial charge in [-0.2, -0.15) is 5.10 Å². The molecule has 1 heterocycles. The van der Waals surface area contributed by atoms with E-state index in [1.807, 2.05) is 0 Å². The van der Waals surface area contributed by atoms with Crippen LogP contribution in [0.4, 0.5) is 0 Å². The van der Waals surface area contributed by atoms with Crippen molar-refractivity contribution in [2.75, 3.05) is 6.54 Å². The first-order valence-electron chi connectivity index (χ1n) is 8.17. The summed E-state index contributed by atoms with van der Waals surface area (Å²) in [6, 6.07) is -0.372. The summed E-state index contributed by atoms with van der Waals surface area (Å²) in [5, 5.41) is 15.9. The number of nitrogens with two attached hydrogens (primary N) is 2. The van der Waals surface area contributed by atoms with Gasteiger partial charge in [0.05, 0.1) is 0 Å². The number of piperidine rings is 1. The van der Waals surface area contributed by atoms with E-state index in [1.165, 1.54) is 6.42 Å². The number of nitrogens with zero attached hydrogens (tertiary/aromatic N) is 1. The maximum Gasteiger partial charge on any atom is 0.320 e. The minimum Gasteiger partial charge on any atom is -0.480 e. The van der Waals surface area contributed by atoms with Crippen LogP contribution in [-0.4, -0.2) is 29.5 Å². The summed E-state index contributed by atoms with van der Waals surface area (Å²) in [5.41, 5.74) is 7.89. The minimum atomic E-state index is -0.731. The van der Waals surface area contributed by atoms with Crippen molar-refractivity contribution in [1.82, 2.24) is 10.9 Å². The van der Waals surface area contributed by atoms with Crippen LogP contribution in [-0.2, 0) is 4.79 Å². The molecule has 7 nitrogen and oxygen atoms in total. The van der Waals surface area contributed by atoms with Crippen molar-refractivity contribution in [2.45, 2.75) is 58.4 Å². The van der Waals surface area contributed by atoms with Gasteiger partial charge < -0.3 is 16.2 Å². The summed E-state index contributed by atoms with van der Waals surface area (Å²) in [6.45, 7) is 5.21. The maximum atomic E-state index is 11.0. The second-order valence-electron chi connectivity index (χ2n) is 6.58. The zero-order valence-corrected chi connectivity index (χ0v) is 13.7. The van der Waals surface area contributed by atoms with Crippen LogP contribution in [0.5, 0.6) is 0 Å². The van der Waals surface area contributed by atoms with Gasteiger partial charge in [0.1, 0.15) is 11.9 Å². The van der Waals surface area contributed by atoms with Gasteiger partial charge in [-0.05, 0) is 43.6 Å². The molecule has 4 unspecified atom stereocenters. The first-order valence-corrected chi connectivity index (χ1v) is 8.17. The molecule has 1 fully saturated rings. The summed E-state index contributed by atoms with van der Waals surface area (Å²) >= 11 is 0. The Bertz CT molecular complexity index is 375. The highest BCUT2D eigenvalue weighted by Gasteiger charge is 2.30. The monoisotopic (exact) mass is 313 g/mol. The van der Waals surface area contributed by atoms with Gasteiger partial charge in [0, 0.05) is 6.42 Å². The van der Waals surface area contributed by atoms with E-state index < -0.39 is 5.97 Å². The Hall–Kier alpha value is -1.34. The van der Waals surface area contributed by atoms with Crippen LogP contribution in [0.15, 0.2) is 5.10 Å². The van der Waals surface area contributed by atoms with Crippen LogP contribution in [0.3, 0.4) is 0 Å². The van der Waals surface area contributed by atoms with Gasteiger partial charge in [0.2, 0.25) is 0 Å². The fourth-order valence-corrected chi connectivity index (χ4v) is 3.12. The molecule has 128 valence electrons. The maximum absolute atomic E-state index is 11.0. The van der Waals surface area contributed by atoms with Crippen molar-refractivity contribution in [1.29, 1.82) is 0 Å². The van der Waals surface area contributed by atoms with Crippen LogP contribution < -0.4 is 22.4 Å². The van der Waals surface area contributed by atoms with E-state index in [4.69, 9.17) is 16.7 Å². The molecule has 0 aliphatic carbocycles. The van der Waals surface area contributed by atoms with Crippen molar-refractivity contribution in [3.8, 4) is 0 Å². The number of aliphatic carboxylic acids is 1. The number of carboxylic acids is 1. The summed E-state index contributed by atoms with van der Waals surface area (Å²) in [4.78, 5) is 11.0. The minimum absolute atomic E-state index is 0.372. The summed E-state index contributed by atoms with van der Waals surface area (Å²) in [5.74, 6) is 6.54. The molecule has 1 saturated heterocycles. The summed E-state index contributed by atoms with van der Waals surface area (Å²) in [6.07, 6.45) is 5.98. The lowest BCUT2D eigenvalue weighted by Gasteiger charge is -2.33. The van der Waals surface area contributed by atoms with Gasteiger partial charge in [-0.25, -0.2) is 11.4 Å². The molecule has 0 amide bonds. The molecular formula is C15H31N5O2. The van der Waals surface area contributed by atoms with Crippen molar-refractivity contribution < 1.29 is 9.90 Å². The van der Waals surface area contributed by atoms with Crippen LogP contribution in [0, 0.1) is 17.8 Å². The summed E-state index contributed by atoms with van der Waals surface area (Å²) in [7, 11) is 0. The average Bonchev–Trinajstić information content (AvgIpc) is 2.47. The van der Waals surface area contributed by atoms with Gasteiger partial charge in [-0.3, -0.25) is 4.79 Å². The second-order valence-corrected chi connectivity index (χ2v) is 6.58. The van der Waals surface area contributed by atoms with Crippen molar-refractivity contribution in [3.63, 3.8) is 0 Å². The van der Waals surface area contributed by atoms with E-state index in [-0.39, 0.29) is 6.04 Å². The van der Waals surface area contributed by atoms with Gasteiger partial charge in [-0.1, -0.05) is 26.7 Å². The molecule has 7 N–H and O–H groups in total. The highest BCUT2D eigenvalue weighted by atomic mass is 16.4. The number of nitrogens with one attached hydrogen (secondary N) is 2. The lowest BCUT2D eigenvalue weighted by Crippen LogP contribution is -2.47. The molecule has 4 atom stereocenters. The molecule has 22 heavy (non-hydrogen) atoms. The van der Waals surface area contributed by atoms with E-state index in [0.29, 0.717) is 23.6 Å². The van der Waals surface area contributed by atoms with Gasteiger partial charge in [0.15, 0.2) is 0 Å². The van der Waals surface area contributed by atoms with Crippen LogP contribution >= 0.6 is 0 Å². The third-order valence-electron chi connectivity index (χ3n) is 4.71. The van der Waals surface area contributed by atoms with Crippen LogP contribution in [0.1, 0.15) is 52.4 Å². The number of hydrogen-bond acceptors (Lipinski definition) is 5. The molecule has 0 bridgehead atoms. The van der Waals surface area contributed by atoms with Gasteiger partial charge in [-0.15, -0.1) is 0 Å². The van der Waals surface area contributed by atoms with Crippen LogP contribution in [0.2, 0.25) is 0 Å². The largest absolute Gasteiger partial charge is 0.480 e. The van der Waals surface area contributed by atoms with Gasteiger partial charge >= 0.3 is 5.97 Å². The molecule has 0 radical (unpaired) electrons. The van der Waals surface area contributed by atoms with Crippen molar-refractivity contribution in [2.24, 2.45) is 34.4 Å². The fraction of sp³-hybridized carbons (Fsp3) is 0.867. The Morgan fingerprint density at radius 1 is 1.50 bits per heavy atom. The predicted molar refractivity (Wildman–Crippen MR) is 87.9 cm³/mol. The molecule has 1 rings (SSSR count). The fourth-order valence-electron chi connectivity index (χ4n) is 3.12. The van der Waals surface area contributed by atoms with E-state index >= 15 is 0 Å². The zero-order chi connectivity index (χ0) is 16.5. The Labute approximate surface area is 132 Å². The number of hydrogen-bond donors (Lipinski definition) is 5. The lowest BCUT2D eigenvalue weighted by molar-refractivity contribution is -0.140. The normalized spacial score (nSPS) is 27.4. The van der Waals surface area contributed by atoms with E-state index in [1.54, 1.807) is 0 Å². The van der Waals surface area contributed by atoms with Crippen LogP contribution in [0.25, 0.3) is 0 Å². The molecule has 1 aliphatic heterocycles. The lowest BCUT2D eigenvalue weighted by atomic mass is 9.81. The molecule has 0 aromatic heterocycles. The molecule has 1 aliphatic rings. The molecule has 7 heteroatoms. The number of rotatable bonds is 9. The van der Waals surface area contributed by atoms with Crippen molar-refractivity contribution in [3.05, 3.63) is 0 Å². The number of hydrazone groups is 1. The topological polar surface area (TPSA) is 126 Å². The zero-order valence-electron chi connectivity index (χ0n) is 13.7. The highest BCUT2D eigenvalue weighted by molar-refractivity contribution is 5.79. The smallest absolute Gasteiger partial charge is 0.320 e. The SMILES string of the molecule is CC(CCCC1CNC(C(=O)O)CC1C)CC/C(N)=N/NN. The molecule has 0 spiro atoms. The van der Waals surface area contributed by atoms with Gasteiger partial charge in [0.25, 0.3) is 0 Å². The first kappa shape index (κ1) is 18.7. The Morgan fingerprint density at radius 2 is 2.23 bits per heavy atom. The standard InChI is InChI=1S/C15H31N5O2/c1-10(6-7-14(16)19-20-17)4-3-5-12-9-18-13(15(21)22)8-11(12)2/h10-13,18,20H,3-9,17H2,1-2H3,(H2,16,19)(H,21,22). The molecule has 0 aromatic rings. The Balaban J connectivity index is 2.19. The first-order chi connectivity index (χ1) is 10.4. The molecule has 0 aromatic carbocycles. The Morgan fingerprint density at radius 3 is 2.82 bits per heavy atom. The van der Waals surface area contributed by atoms with E-state index in [2.05, 4.69) is 29.8 Å². The predicted octanol–water partition coefficient (Wildman–Crippen LogP) is 1.01. The second kappa shape index (κ2) is 9.63. The number of carboxylic acid groups (broad SMARTS) is 1. The third-order valence-corrected chi connectivity index (χ3v) is 4.71. The highest BCUT2D eigenvalue weighted by Crippen LogP contribution is 2.27. The summed E-state index contributed by atoms with van der Waals surface area (Å²) < 4.78 is 0. The van der Waals surface area contributed by atoms with Crippen molar-refractivity contribution >= 4 is 11.8 Å². The molecule has 0 saturated carbocycles. The number of amidine groups is 1.